The minimum absolute atomic E-state index is 0.168. The van der Waals surface area contributed by atoms with E-state index in [9.17, 15) is 14.4 Å². The van der Waals surface area contributed by atoms with Crippen molar-refractivity contribution in [1.29, 1.82) is 0 Å². The van der Waals surface area contributed by atoms with Crippen molar-refractivity contribution in [2.24, 2.45) is 5.92 Å². The van der Waals surface area contributed by atoms with Crippen molar-refractivity contribution in [2.75, 3.05) is 6.54 Å². The van der Waals surface area contributed by atoms with Crippen LogP contribution in [0.4, 0.5) is 4.79 Å². The van der Waals surface area contributed by atoms with E-state index in [1.807, 2.05) is 66.7 Å². The number of benzene rings is 1. The van der Waals surface area contributed by atoms with Crippen LogP contribution in [0, 0.1) is 19.8 Å². The van der Waals surface area contributed by atoms with Crippen LogP contribution in [0.5, 0.6) is 0 Å². The maximum atomic E-state index is 14.5. The fourth-order valence-electron chi connectivity index (χ4n) is 4.23. The minimum Gasteiger partial charge on any atom is -0.444 e. The summed E-state index contributed by atoms with van der Waals surface area (Å²) in [6.45, 7) is 21.8. The van der Waals surface area contributed by atoms with Gasteiger partial charge in [-0.05, 0) is 78.4 Å². The second-order valence-electron chi connectivity index (χ2n) is 11.8. The third kappa shape index (κ3) is 9.35. The number of nitrogens with zero attached hydrogens (tertiary/aromatic N) is 1. The number of aryl methyl sites for hydroxylation is 2. The highest BCUT2D eigenvalue weighted by Gasteiger charge is 2.44. The van der Waals surface area contributed by atoms with Crippen molar-refractivity contribution in [1.82, 2.24) is 15.5 Å². The van der Waals surface area contributed by atoms with Gasteiger partial charge in [0.25, 0.3) is 0 Å². The van der Waals surface area contributed by atoms with E-state index in [0.717, 1.165) is 29.5 Å². The smallest absolute Gasteiger partial charge is 0.408 e. The van der Waals surface area contributed by atoms with E-state index in [-0.39, 0.29) is 17.7 Å². The Labute approximate surface area is 225 Å². The molecule has 7 nitrogen and oxygen atoms in total. The van der Waals surface area contributed by atoms with Crippen LogP contribution in [0.3, 0.4) is 0 Å². The second-order valence-corrected chi connectivity index (χ2v) is 11.8. The van der Waals surface area contributed by atoms with Gasteiger partial charge in [0, 0.05) is 12.1 Å². The third-order valence-electron chi connectivity index (χ3n) is 6.96. The van der Waals surface area contributed by atoms with Crippen molar-refractivity contribution in [3.63, 3.8) is 0 Å². The van der Waals surface area contributed by atoms with Gasteiger partial charge in [-0.1, -0.05) is 64.3 Å². The van der Waals surface area contributed by atoms with Crippen LogP contribution < -0.4 is 10.6 Å². The molecule has 0 saturated carbocycles. The van der Waals surface area contributed by atoms with Crippen LogP contribution in [-0.4, -0.2) is 46.5 Å². The Morgan fingerprint density at radius 1 is 1.03 bits per heavy atom. The van der Waals surface area contributed by atoms with E-state index in [4.69, 9.17) is 4.74 Å². The average molecular weight is 518 g/mol. The number of carbonyl (C=O) groups is 3. The number of carbonyl (C=O) groups excluding carboxylic acids is 3. The van der Waals surface area contributed by atoms with Gasteiger partial charge < -0.3 is 20.3 Å². The molecule has 1 rings (SSSR count). The Morgan fingerprint density at radius 3 is 2.14 bits per heavy atom. The van der Waals surface area contributed by atoms with Crippen molar-refractivity contribution < 1.29 is 19.1 Å². The number of hydrogen-bond donors (Lipinski definition) is 2. The Bertz CT molecular complexity index is 920. The SMILES string of the molecule is CCCCNC(=O)C(c1ccc(C)cc1C)N(C(=O)C(NC(=O)OC(C)(C)C)C(C)CC)C(C)(C)CC. The summed E-state index contributed by atoms with van der Waals surface area (Å²) >= 11 is 0. The van der Waals surface area contributed by atoms with E-state index in [2.05, 4.69) is 17.6 Å². The molecule has 210 valence electrons. The second kappa shape index (κ2) is 13.8. The van der Waals surface area contributed by atoms with Crippen molar-refractivity contribution in [3.8, 4) is 0 Å². The molecular formula is C30H51N3O4. The van der Waals surface area contributed by atoms with Crippen molar-refractivity contribution in [3.05, 3.63) is 34.9 Å². The first kappa shape index (κ1) is 32.5. The predicted octanol–water partition coefficient (Wildman–Crippen LogP) is 6.22. The van der Waals surface area contributed by atoms with E-state index in [1.165, 1.54) is 0 Å². The lowest BCUT2D eigenvalue weighted by molar-refractivity contribution is -0.150. The van der Waals surface area contributed by atoms with Gasteiger partial charge in [0.1, 0.15) is 17.7 Å². The molecule has 37 heavy (non-hydrogen) atoms. The summed E-state index contributed by atoms with van der Waals surface area (Å²) in [5.74, 6) is -0.670. The predicted molar refractivity (Wildman–Crippen MR) is 150 cm³/mol. The number of amides is 3. The first-order valence-corrected chi connectivity index (χ1v) is 13.8. The zero-order valence-corrected chi connectivity index (χ0v) is 25.1. The molecule has 3 atom stereocenters. The summed E-state index contributed by atoms with van der Waals surface area (Å²) in [5, 5.41) is 5.90. The number of rotatable bonds is 12. The Kier molecular flexibility index (Phi) is 12.1. The molecule has 0 fully saturated rings. The molecule has 0 heterocycles. The molecule has 0 aliphatic carbocycles. The number of nitrogens with one attached hydrogen (secondary N) is 2. The Hall–Kier alpha value is -2.57. The number of ether oxygens (including phenoxy) is 1. The molecule has 0 saturated heterocycles. The normalized spacial score (nSPS) is 14.4. The molecule has 1 aromatic carbocycles. The number of alkyl carbamates (subject to hydrolysis) is 1. The summed E-state index contributed by atoms with van der Waals surface area (Å²) in [6, 6.07) is 4.27. The van der Waals surface area contributed by atoms with Gasteiger partial charge in [-0.2, -0.15) is 0 Å². The van der Waals surface area contributed by atoms with Gasteiger partial charge >= 0.3 is 6.09 Å². The Morgan fingerprint density at radius 2 is 1.65 bits per heavy atom. The van der Waals surface area contributed by atoms with Crippen molar-refractivity contribution >= 4 is 17.9 Å². The topological polar surface area (TPSA) is 87.7 Å². The zero-order valence-electron chi connectivity index (χ0n) is 25.1. The summed E-state index contributed by atoms with van der Waals surface area (Å²) < 4.78 is 5.49. The highest BCUT2D eigenvalue weighted by atomic mass is 16.6. The fourth-order valence-corrected chi connectivity index (χ4v) is 4.23. The molecule has 7 heteroatoms. The van der Waals surface area contributed by atoms with Crippen molar-refractivity contribution in [2.45, 2.75) is 125 Å². The Balaban J connectivity index is 3.69. The molecule has 0 aromatic heterocycles. The highest BCUT2D eigenvalue weighted by Crippen LogP contribution is 2.34. The first-order valence-electron chi connectivity index (χ1n) is 13.8. The molecule has 3 unspecified atom stereocenters. The molecular weight excluding hydrogens is 466 g/mol. The summed E-state index contributed by atoms with van der Waals surface area (Å²) in [7, 11) is 0. The van der Waals surface area contributed by atoms with Crippen LogP contribution in [0.15, 0.2) is 18.2 Å². The standard InChI is InChI=1S/C30H51N3O4/c1-12-15-18-31-26(34)25(23-17-16-20(4)19-22(23)6)33(30(10,11)14-3)27(35)24(21(5)13-2)32-28(36)37-29(7,8)9/h16-17,19,21,24-25H,12-15,18H2,1-11H3,(H,31,34)(H,32,36). The molecule has 1 aromatic rings. The van der Waals surface area contributed by atoms with Gasteiger partial charge in [0.15, 0.2) is 0 Å². The molecule has 0 aliphatic heterocycles. The molecule has 0 aliphatic rings. The van der Waals surface area contributed by atoms with Gasteiger partial charge in [-0.25, -0.2) is 4.79 Å². The summed E-state index contributed by atoms with van der Waals surface area (Å²) in [4.78, 5) is 42.8. The molecule has 0 bridgehead atoms. The fraction of sp³-hybridized carbons (Fsp3) is 0.700. The monoisotopic (exact) mass is 517 g/mol. The summed E-state index contributed by atoms with van der Waals surface area (Å²) in [6.07, 6.45) is 2.46. The third-order valence-corrected chi connectivity index (χ3v) is 6.96. The van der Waals surface area contributed by atoms with Crippen LogP contribution in [0.25, 0.3) is 0 Å². The van der Waals surface area contributed by atoms with Crippen LogP contribution in [0.1, 0.15) is 111 Å². The number of unbranched alkanes of at least 4 members (excludes halogenated alkanes) is 1. The number of hydrogen-bond acceptors (Lipinski definition) is 4. The van der Waals surface area contributed by atoms with Gasteiger partial charge in [0.2, 0.25) is 11.8 Å². The molecule has 0 radical (unpaired) electrons. The highest BCUT2D eigenvalue weighted by molar-refractivity contribution is 5.93. The van der Waals surface area contributed by atoms with E-state index in [0.29, 0.717) is 19.4 Å². The van der Waals surface area contributed by atoms with E-state index >= 15 is 0 Å². The lowest BCUT2D eigenvalue weighted by Gasteiger charge is -2.45. The van der Waals surface area contributed by atoms with Crippen LogP contribution in [0.2, 0.25) is 0 Å². The molecule has 3 amide bonds. The minimum atomic E-state index is -0.845. The van der Waals surface area contributed by atoms with E-state index in [1.54, 1.807) is 25.7 Å². The quantitative estimate of drug-likeness (QED) is 0.322. The molecule has 2 N–H and O–H groups in total. The molecule has 0 spiro atoms. The van der Waals surface area contributed by atoms with Gasteiger partial charge in [0.05, 0.1) is 0 Å². The average Bonchev–Trinajstić information content (AvgIpc) is 2.79. The lowest BCUT2D eigenvalue weighted by atomic mass is 9.88. The zero-order chi connectivity index (χ0) is 28.6. The lowest BCUT2D eigenvalue weighted by Crippen LogP contribution is -2.60. The van der Waals surface area contributed by atoms with Gasteiger partial charge in [-0.3, -0.25) is 9.59 Å². The van der Waals surface area contributed by atoms with Gasteiger partial charge in [-0.15, -0.1) is 0 Å². The first-order chi connectivity index (χ1) is 17.1. The maximum Gasteiger partial charge on any atom is 0.408 e. The maximum absolute atomic E-state index is 14.5. The summed E-state index contributed by atoms with van der Waals surface area (Å²) in [5.41, 5.74) is 1.46. The largest absolute Gasteiger partial charge is 0.444 e. The van der Waals surface area contributed by atoms with Crippen LogP contribution >= 0.6 is 0 Å². The van der Waals surface area contributed by atoms with E-state index < -0.39 is 29.3 Å². The van der Waals surface area contributed by atoms with Crippen LogP contribution in [-0.2, 0) is 14.3 Å².